The van der Waals surface area contributed by atoms with Crippen molar-refractivity contribution >= 4 is 11.6 Å². The van der Waals surface area contributed by atoms with Gasteiger partial charge >= 0.3 is 0 Å². The van der Waals surface area contributed by atoms with Crippen molar-refractivity contribution < 1.29 is 9.32 Å². The van der Waals surface area contributed by atoms with Crippen molar-refractivity contribution in [2.75, 3.05) is 5.32 Å². The number of nitrogens with zero attached hydrogens (tertiary/aromatic N) is 5. The van der Waals surface area contributed by atoms with Crippen LogP contribution in [0.5, 0.6) is 0 Å². The van der Waals surface area contributed by atoms with Crippen molar-refractivity contribution in [1.29, 1.82) is 0 Å². The first kappa shape index (κ1) is 16.6. The van der Waals surface area contributed by atoms with Gasteiger partial charge in [-0.05, 0) is 43.7 Å². The number of carbonyl (C=O) groups is 1. The Balaban J connectivity index is 1.63. The lowest BCUT2D eigenvalue weighted by molar-refractivity contribution is 0.102. The number of rotatable bonds is 4. The molecule has 8 heteroatoms. The number of carbonyl (C=O) groups excluding carboxylic acids is 1. The summed E-state index contributed by atoms with van der Waals surface area (Å²) < 4.78 is 6.90. The molecule has 134 valence electrons. The van der Waals surface area contributed by atoms with Gasteiger partial charge < -0.3 is 9.84 Å². The van der Waals surface area contributed by atoms with Crippen LogP contribution in [0.1, 0.15) is 21.9 Å². The van der Waals surface area contributed by atoms with Crippen LogP contribution < -0.4 is 5.32 Å². The van der Waals surface area contributed by atoms with Gasteiger partial charge in [-0.25, -0.2) is 9.97 Å². The summed E-state index contributed by atoms with van der Waals surface area (Å²) in [7, 11) is 0. The van der Waals surface area contributed by atoms with Gasteiger partial charge in [0.1, 0.15) is 12.0 Å². The Labute approximate surface area is 154 Å². The topological polar surface area (TPSA) is 98.7 Å². The molecule has 0 radical (unpaired) electrons. The van der Waals surface area contributed by atoms with Crippen LogP contribution in [0.2, 0.25) is 0 Å². The van der Waals surface area contributed by atoms with E-state index in [1.54, 1.807) is 30.0 Å². The molecule has 1 amide bonds. The van der Waals surface area contributed by atoms with E-state index in [2.05, 4.69) is 25.4 Å². The van der Waals surface area contributed by atoms with E-state index in [-0.39, 0.29) is 11.6 Å². The number of aromatic nitrogens is 5. The molecule has 3 heterocycles. The van der Waals surface area contributed by atoms with E-state index in [1.807, 2.05) is 37.3 Å². The summed E-state index contributed by atoms with van der Waals surface area (Å²) in [6, 6.07) is 11.2. The number of aryl methyl sites for hydroxylation is 2. The summed E-state index contributed by atoms with van der Waals surface area (Å²) in [6.45, 7) is 3.71. The fourth-order valence-corrected chi connectivity index (χ4v) is 2.65. The number of hydrogen-bond acceptors (Lipinski definition) is 6. The Morgan fingerprint density at radius 1 is 1.15 bits per heavy atom. The van der Waals surface area contributed by atoms with E-state index in [0.29, 0.717) is 23.1 Å². The Morgan fingerprint density at radius 3 is 2.81 bits per heavy atom. The normalized spacial score (nSPS) is 10.7. The van der Waals surface area contributed by atoms with Gasteiger partial charge in [0.05, 0.1) is 5.56 Å². The Hall–Kier alpha value is -3.81. The minimum atomic E-state index is -0.300. The fraction of sp³-hybridized carbons (Fsp3) is 0.105. The number of nitrogens with one attached hydrogen (secondary N) is 1. The van der Waals surface area contributed by atoms with E-state index >= 15 is 0 Å². The highest BCUT2D eigenvalue weighted by Gasteiger charge is 2.16. The fourth-order valence-electron chi connectivity index (χ4n) is 2.65. The molecule has 0 unspecified atom stereocenters. The SMILES string of the molecule is Cc1cccc(NC(=O)c2cn(-c3ncccc3-c3nc(C)no3)cn2)c1. The minimum Gasteiger partial charge on any atom is -0.334 e. The number of anilines is 1. The zero-order valence-electron chi connectivity index (χ0n) is 14.7. The summed E-state index contributed by atoms with van der Waals surface area (Å²) in [6.07, 6.45) is 4.79. The number of amides is 1. The third-order valence-corrected chi connectivity index (χ3v) is 3.88. The molecule has 0 saturated heterocycles. The van der Waals surface area contributed by atoms with Gasteiger partial charge in [0.15, 0.2) is 11.6 Å². The second-order valence-corrected chi connectivity index (χ2v) is 6.01. The molecule has 27 heavy (non-hydrogen) atoms. The maximum Gasteiger partial charge on any atom is 0.275 e. The van der Waals surface area contributed by atoms with Crippen molar-refractivity contribution in [3.8, 4) is 17.3 Å². The number of benzene rings is 1. The predicted molar refractivity (Wildman–Crippen MR) is 98.5 cm³/mol. The lowest BCUT2D eigenvalue weighted by Crippen LogP contribution is -2.12. The predicted octanol–water partition coefficient (Wildman–Crippen LogP) is 3.19. The highest BCUT2D eigenvalue weighted by Crippen LogP contribution is 2.23. The average molecular weight is 360 g/mol. The molecule has 1 aromatic carbocycles. The van der Waals surface area contributed by atoms with Gasteiger partial charge in [-0.3, -0.25) is 9.36 Å². The van der Waals surface area contributed by atoms with E-state index in [0.717, 1.165) is 11.3 Å². The van der Waals surface area contributed by atoms with Crippen molar-refractivity contribution in [3.63, 3.8) is 0 Å². The molecule has 0 atom stereocenters. The zero-order chi connectivity index (χ0) is 18.8. The molecule has 0 spiro atoms. The number of pyridine rings is 1. The summed E-state index contributed by atoms with van der Waals surface area (Å²) >= 11 is 0. The smallest absolute Gasteiger partial charge is 0.275 e. The van der Waals surface area contributed by atoms with Gasteiger partial charge in [-0.15, -0.1) is 0 Å². The van der Waals surface area contributed by atoms with Crippen molar-refractivity contribution in [3.05, 3.63) is 72.2 Å². The number of hydrogen-bond donors (Lipinski definition) is 1. The van der Waals surface area contributed by atoms with Crippen molar-refractivity contribution in [1.82, 2.24) is 24.7 Å². The molecular formula is C19H16N6O2. The summed E-state index contributed by atoms with van der Waals surface area (Å²) in [4.78, 5) is 25.3. The molecule has 0 aliphatic heterocycles. The second kappa shape index (κ2) is 6.83. The van der Waals surface area contributed by atoms with E-state index in [1.165, 1.54) is 6.33 Å². The Morgan fingerprint density at radius 2 is 2.04 bits per heavy atom. The van der Waals surface area contributed by atoms with Crippen LogP contribution in [0.15, 0.2) is 59.6 Å². The molecular weight excluding hydrogens is 344 g/mol. The summed E-state index contributed by atoms with van der Waals surface area (Å²) in [5, 5.41) is 6.65. The standard InChI is InChI=1S/C19H16N6O2/c1-12-5-3-6-14(9-12)23-18(26)16-10-25(11-21-16)17-15(7-4-8-20-17)19-22-13(2)24-27-19/h3-11H,1-2H3,(H,23,26). The Bertz CT molecular complexity index is 1110. The third-order valence-electron chi connectivity index (χ3n) is 3.88. The van der Waals surface area contributed by atoms with Crippen molar-refractivity contribution in [2.45, 2.75) is 13.8 Å². The van der Waals surface area contributed by atoms with Gasteiger partial charge in [-0.2, -0.15) is 4.98 Å². The summed E-state index contributed by atoms with van der Waals surface area (Å²) in [5.41, 5.74) is 2.71. The van der Waals surface area contributed by atoms with Gasteiger partial charge in [-0.1, -0.05) is 17.3 Å². The average Bonchev–Trinajstić information content (AvgIpc) is 3.31. The first-order chi connectivity index (χ1) is 13.1. The highest BCUT2D eigenvalue weighted by molar-refractivity contribution is 6.02. The molecule has 8 nitrogen and oxygen atoms in total. The molecule has 0 fully saturated rings. The number of imidazole rings is 1. The van der Waals surface area contributed by atoms with E-state index in [4.69, 9.17) is 4.52 Å². The first-order valence-electron chi connectivity index (χ1n) is 8.28. The molecule has 1 N–H and O–H groups in total. The van der Waals surface area contributed by atoms with Crippen LogP contribution in [-0.4, -0.2) is 30.6 Å². The monoisotopic (exact) mass is 360 g/mol. The van der Waals surface area contributed by atoms with E-state index < -0.39 is 0 Å². The lowest BCUT2D eigenvalue weighted by atomic mass is 10.2. The largest absolute Gasteiger partial charge is 0.334 e. The maximum atomic E-state index is 12.5. The first-order valence-corrected chi connectivity index (χ1v) is 8.28. The van der Waals surface area contributed by atoms with Crippen LogP contribution in [0.4, 0.5) is 5.69 Å². The van der Waals surface area contributed by atoms with Gasteiger partial charge in [0, 0.05) is 18.1 Å². The van der Waals surface area contributed by atoms with Crippen LogP contribution in [0.25, 0.3) is 17.3 Å². The Kier molecular flexibility index (Phi) is 4.21. The van der Waals surface area contributed by atoms with Crippen molar-refractivity contribution in [2.24, 2.45) is 0 Å². The molecule has 0 aliphatic carbocycles. The molecule has 3 aromatic heterocycles. The third kappa shape index (κ3) is 3.45. The zero-order valence-corrected chi connectivity index (χ0v) is 14.7. The molecule has 0 bridgehead atoms. The van der Waals surface area contributed by atoms with Crippen LogP contribution in [0.3, 0.4) is 0 Å². The summed E-state index contributed by atoms with van der Waals surface area (Å²) in [5.74, 6) is 1.13. The van der Waals surface area contributed by atoms with Gasteiger partial charge in [0.25, 0.3) is 11.8 Å². The quantitative estimate of drug-likeness (QED) is 0.600. The molecule has 4 aromatic rings. The molecule has 0 aliphatic rings. The van der Waals surface area contributed by atoms with E-state index in [9.17, 15) is 4.79 Å². The highest BCUT2D eigenvalue weighted by atomic mass is 16.5. The second-order valence-electron chi connectivity index (χ2n) is 6.01. The van der Waals surface area contributed by atoms with Crippen LogP contribution >= 0.6 is 0 Å². The molecule has 4 rings (SSSR count). The minimum absolute atomic E-state index is 0.273. The van der Waals surface area contributed by atoms with Crippen LogP contribution in [0, 0.1) is 13.8 Å². The van der Waals surface area contributed by atoms with Gasteiger partial charge in [0.2, 0.25) is 0 Å². The lowest BCUT2D eigenvalue weighted by Gasteiger charge is -2.05. The molecule has 0 saturated carbocycles. The maximum absolute atomic E-state index is 12.5. The van der Waals surface area contributed by atoms with Crippen LogP contribution in [-0.2, 0) is 0 Å².